The van der Waals surface area contributed by atoms with E-state index >= 15 is 0 Å². The molecule has 1 heterocycles. The van der Waals surface area contributed by atoms with Gasteiger partial charge in [0.15, 0.2) is 0 Å². The molecule has 1 aromatic heterocycles. The third kappa shape index (κ3) is 4.37. The van der Waals surface area contributed by atoms with Gasteiger partial charge >= 0.3 is 0 Å². The van der Waals surface area contributed by atoms with E-state index in [1.165, 1.54) is 11.3 Å². The van der Waals surface area contributed by atoms with Crippen molar-refractivity contribution >= 4 is 22.9 Å². The lowest BCUT2D eigenvalue weighted by Crippen LogP contribution is -2.26. The van der Waals surface area contributed by atoms with Gasteiger partial charge in [-0.1, -0.05) is 11.6 Å². The highest BCUT2D eigenvalue weighted by molar-refractivity contribution is 7.15. The van der Waals surface area contributed by atoms with Crippen LogP contribution in [0, 0.1) is 0 Å². The van der Waals surface area contributed by atoms with Crippen LogP contribution in [0.15, 0.2) is 6.20 Å². The second kappa shape index (κ2) is 6.35. The van der Waals surface area contributed by atoms with Gasteiger partial charge in [0.05, 0.1) is 6.20 Å². The molecule has 0 aliphatic carbocycles. The number of thiazole rings is 1. The van der Waals surface area contributed by atoms with E-state index in [1.54, 1.807) is 13.3 Å². The summed E-state index contributed by atoms with van der Waals surface area (Å²) in [6.07, 6.45) is 2.69. The van der Waals surface area contributed by atoms with E-state index < -0.39 is 0 Å². The van der Waals surface area contributed by atoms with E-state index in [-0.39, 0.29) is 0 Å². The zero-order chi connectivity index (χ0) is 10.4. The number of methoxy groups -OCH3 is 1. The molecule has 0 spiro atoms. The molecule has 1 N–H and O–H groups in total. The topological polar surface area (TPSA) is 34.1 Å². The van der Waals surface area contributed by atoms with Crippen LogP contribution >= 0.6 is 22.9 Å². The molecule has 14 heavy (non-hydrogen) atoms. The zero-order valence-corrected chi connectivity index (χ0v) is 9.99. The normalized spacial score (nSPS) is 13.1. The molecule has 1 atom stereocenters. The minimum atomic E-state index is 0.442. The predicted molar refractivity (Wildman–Crippen MR) is 59.9 cm³/mol. The van der Waals surface area contributed by atoms with Gasteiger partial charge in [0, 0.05) is 26.3 Å². The molecular weight excluding hydrogens is 220 g/mol. The van der Waals surface area contributed by atoms with Gasteiger partial charge in [-0.15, -0.1) is 11.3 Å². The van der Waals surface area contributed by atoms with E-state index in [1.807, 2.05) is 0 Å². The molecule has 0 saturated heterocycles. The fourth-order valence-electron chi connectivity index (χ4n) is 1.03. The highest BCUT2D eigenvalue weighted by atomic mass is 35.5. The second-order valence-electron chi connectivity index (χ2n) is 3.12. The zero-order valence-electron chi connectivity index (χ0n) is 8.42. The average Bonchev–Trinajstić information content (AvgIpc) is 2.58. The first kappa shape index (κ1) is 11.9. The average molecular weight is 235 g/mol. The quantitative estimate of drug-likeness (QED) is 0.820. The molecule has 0 aliphatic heterocycles. The van der Waals surface area contributed by atoms with Crippen molar-refractivity contribution in [1.29, 1.82) is 0 Å². The lowest BCUT2D eigenvalue weighted by molar-refractivity contribution is 0.184. The molecule has 80 valence electrons. The number of ether oxygens (including phenoxy) is 1. The monoisotopic (exact) mass is 234 g/mol. The maximum atomic E-state index is 5.77. The van der Waals surface area contributed by atoms with Gasteiger partial charge in [-0.3, -0.25) is 0 Å². The standard InChI is InChI=1S/C9H15ClN2OS/c1-7(3-4-13-2)11-6-9-12-5-8(10)14-9/h5,7,11H,3-4,6H2,1-2H3. The van der Waals surface area contributed by atoms with Gasteiger partial charge < -0.3 is 10.1 Å². The number of hydrogen-bond donors (Lipinski definition) is 1. The van der Waals surface area contributed by atoms with Crippen LogP contribution in [0.5, 0.6) is 0 Å². The maximum Gasteiger partial charge on any atom is 0.113 e. The van der Waals surface area contributed by atoms with Crippen molar-refractivity contribution in [2.24, 2.45) is 0 Å². The fraction of sp³-hybridized carbons (Fsp3) is 0.667. The van der Waals surface area contributed by atoms with E-state index in [2.05, 4.69) is 17.2 Å². The third-order valence-electron chi connectivity index (χ3n) is 1.88. The van der Waals surface area contributed by atoms with Gasteiger partial charge in [0.25, 0.3) is 0 Å². The summed E-state index contributed by atoms with van der Waals surface area (Å²) in [6, 6.07) is 0.442. The van der Waals surface area contributed by atoms with Crippen LogP contribution in [0.2, 0.25) is 4.34 Å². The first-order valence-corrected chi connectivity index (χ1v) is 5.74. The molecular formula is C9H15ClN2OS. The van der Waals surface area contributed by atoms with Crippen LogP contribution in [0.3, 0.4) is 0 Å². The number of nitrogens with one attached hydrogen (secondary N) is 1. The first-order chi connectivity index (χ1) is 6.72. The Balaban J connectivity index is 2.20. The molecule has 0 aliphatic rings. The minimum absolute atomic E-state index is 0.442. The van der Waals surface area contributed by atoms with Crippen LogP contribution in [-0.4, -0.2) is 24.7 Å². The Kier molecular flexibility index (Phi) is 5.40. The van der Waals surface area contributed by atoms with E-state index in [9.17, 15) is 0 Å². The summed E-state index contributed by atoms with van der Waals surface area (Å²) in [5.41, 5.74) is 0. The van der Waals surface area contributed by atoms with Crippen molar-refractivity contribution in [3.8, 4) is 0 Å². The molecule has 1 unspecified atom stereocenters. The Morgan fingerprint density at radius 2 is 2.50 bits per heavy atom. The van der Waals surface area contributed by atoms with Crippen molar-refractivity contribution in [1.82, 2.24) is 10.3 Å². The van der Waals surface area contributed by atoms with E-state index in [0.29, 0.717) is 6.04 Å². The summed E-state index contributed by atoms with van der Waals surface area (Å²) in [5.74, 6) is 0. The number of nitrogens with zero attached hydrogens (tertiary/aromatic N) is 1. The summed E-state index contributed by atoms with van der Waals surface area (Å²) < 4.78 is 5.74. The van der Waals surface area contributed by atoms with Crippen LogP contribution < -0.4 is 5.32 Å². The summed E-state index contributed by atoms with van der Waals surface area (Å²) in [5, 5.41) is 4.38. The summed E-state index contributed by atoms with van der Waals surface area (Å²) >= 11 is 7.28. The van der Waals surface area contributed by atoms with E-state index in [0.717, 1.165) is 28.9 Å². The smallest absolute Gasteiger partial charge is 0.113 e. The van der Waals surface area contributed by atoms with Crippen LogP contribution in [-0.2, 0) is 11.3 Å². The Hall–Kier alpha value is -0.160. The van der Waals surface area contributed by atoms with E-state index in [4.69, 9.17) is 16.3 Å². The van der Waals surface area contributed by atoms with Crippen molar-refractivity contribution < 1.29 is 4.74 Å². The Bertz CT molecular complexity index is 267. The lowest BCUT2D eigenvalue weighted by atomic mass is 10.2. The highest BCUT2D eigenvalue weighted by Crippen LogP contribution is 2.17. The molecule has 0 amide bonds. The van der Waals surface area contributed by atoms with Gasteiger partial charge in [-0.05, 0) is 13.3 Å². The molecule has 0 aromatic carbocycles. The molecule has 0 fully saturated rings. The highest BCUT2D eigenvalue weighted by Gasteiger charge is 2.03. The summed E-state index contributed by atoms with van der Waals surface area (Å²) in [6.45, 7) is 3.70. The number of hydrogen-bond acceptors (Lipinski definition) is 4. The third-order valence-corrected chi connectivity index (χ3v) is 3.00. The molecule has 0 saturated carbocycles. The summed E-state index contributed by atoms with van der Waals surface area (Å²) in [7, 11) is 1.72. The molecule has 1 rings (SSSR count). The summed E-state index contributed by atoms with van der Waals surface area (Å²) in [4.78, 5) is 4.16. The molecule has 0 radical (unpaired) electrons. The molecule has 5 heteroatoms. The molecule has 1 aromatic rings. The van der Waals surface area contributed by atoms with Gasteiger partial charge in [0.2, 0.25) is 0 Å². The lowest BCUT2D eigenvalue weighted by Gasteiger charge is -2.11. The fourth-order valence-corrected chi connectivity index (χ4v) is 1.94. The Morgan fingerprint density at radius 1 is 1.71 bits per heavy atom. The van der Waals surface area contributed by atoms with Crippen LogP contribution in [0.4, 0.5) is 0 Å². The van der Waals surface area contributed by atoms with Crippen molar-refractivity contribution in [3.05, 3.63) is 15.5 Å². The molecule has 0 bridgehead atoms. The SMILES string of the molecule is COCCC(C)NCc1ncc(Cl)s1. The second-order valence-corrected chi connectivity index (χ2v) is 4.87. The predicted octanol–water partition coefficient (Wildman–Crippen LogP) is 2.31. The number of halogens is 1. The maximum absolute atomic E-state index is 5.77. The number of rotatable bonds is 6. The van der Waals surface area contributed by atoms with Crippen molar-refractivity contribution in [2.45, 2.75) is 25.9 Å². The van der Waals surface area contributed by atoms with Gasteiger partial charge in [-0.25, -0.2) is 4.98 Å². The van der Waals surface area contributed by atoms with Gasteiger partial charge in [-0.2, -0.15) is 0 Å². The Morgan fingerprint density at radius 3 is 3.07 bits per heavy atom. The first-order valence-electron chi connectivity index (χ1n) is 4.55. The van der Waals surface area contributed by atoms with Crippen molar-refractivity contribution in [3.63, 3.8) is 0 Å². The van der Waals surface area contributed by atoms with Crippen molar-refractivity contribution in [2.75, 3.05) is 13.7 Å². The molecule has 3 nitrogen and oxygen atoms in total. The Labute approximate surface area is 93.4 Å². The largest absolute Gasteiger partial charge is 0.385 e. The number of aromatic nitrogens is 1. The van der Waals surface area contributed by atoms with Gasteiger partial charge in [0.1, 0.15) is 9.34 Å². The van der Waals surface area contributed by atoms with Crippen LogP contribution in [0.1, 0.15) is 18.4 Å². The minimum Gasteiger partial charge on any atom is -0.385 e. The van der Waals surface area contributed by atoms with Crippen LogP contribution in [0.25, 0.3) is 0 Å².